The molecule has 2 nitrogen and oxygen atoms in total. The van der Waals surface area contributed by atoms with Gasteiger partial charge in [0.05, 0.1) is 10.1 Å². The highest BCUT2D eigenvalue weighted by Crippen LogP contribution is 2.24. The smallest absolute Gasteiger partial charge is 0.104 e. The first-order valence-corrected chi connectivity index (χ1v) is 9.12. The van der Waals surface area contributed by atoms with Crippen molar-refractivity contribution >= 4 is 40.7 Å². The summed E-state index contributed by atoms with van der Waals surface area (Å²) >= 11 is 8.60. The van der Waals surface area contributed by atoms with E-state index >= 15 is 0 Å². The highest BCUT2D eigenvalue weighted by Gasteiger charge is 2.05. The minimum absolute atomic E-state index is 0.452. The van der Waals surface area contributed by atoms with E-state index < -0.39 is 0 Å². The maximum atomic E-state index is 5.73. The van der Waals surface area contributed by atoms with Crippen LogP contribution in [0.5, 0.6) is 0 Å². The van der Waals surface area contributed by atoms with Gasteiger partial charge in [0.25, 0.3) is 0 Å². The van der Waals surface area contributed by atoms with Gasteiger partial charge in [-0.1, -0.05) is 45.3 Å². The van der Waals surface area contributed by atoms with Crippen LogP contribution in [-0.4, -0.2) is 21.5 Å². The normalized spacial score (nSPS) is 10.6. The molecule has 0 radical (unpaired) electrons. The SMILES string of the molecule is CCCCCCSc1cc(C(N)=S)cc(SCC)n1. The molecule has 0 unspecified atom stereocenters. The minimum Gasteiger partial charge on any atom is -0.389 e. The Morgan fingerprint density at radius 3 is 2.42 bits per heavy atom. The largest absolute Gasteiger partial charge is 0.389 e. The van der Waals surface area contributed by atoms with Crippen LogP contribution in [0, 0.1) is 0 Å². The van der Waals surface area contributed by atoms with Crippen molar-refractivity contribution in [2.24, 2.45) is 5.73 Å². The van der Waals surface area contributed by atoms with Crippen LogP contribution in [0.15, 0.2) is 22.2 Å². The first-order chi connectivity index (χ1) is 9.17. The third kappa shape index (κ3) is 6.63. The summed E-state index contributed by atoms with van der Waals surface area (Å²) in [6.07, 6.45) is 5.14. The molecule has 2 N–H and O–H groups in total. The summed E-state index contributed by atoms with van der Waals surface area (Å²) in [6, 6.07) is 3.99. The van der Waals surface area contributed by atoms with Gasteiger partial charge < -0.3 is 5.73 Å². The van der Waals surface area contributed by atoms with Crippen molar-refractivity contribution in [3.05, 3.63) is 17.7 Å². The molecule has 0 bridgehead atoms. The predicted octanol–water partition coefficient (Wildman–Crippen LogP) is 4.50. The van der Waals surface area contributed by atoms with Crippen LogP contribution in [-0.2, 0) is 0 Å². The van der Waals surface area contributed by atoms with Crippen LogP contribution in [0.1, 0.15) is 45.1 Å². The number of rotatable bonds is 9. The molecule has 1 rings (SSSR count). The first kappa shape index (κ1) is 16.8. The van der Waals surface area contributed by atoms with Gasteiger partial charge in [-0.15, -0.1) is 23.5 Å². The summed E-state index contributed by atoms with van der Waals surface area (Å²) in [5, 5.41) is 2.06. The van der Waals surface area contributed by atoms with Gasteiger partial charge in [0.2, 0.25) is 0 Å². The van der Waals surface area contributed by atoms with Gasteiger partial charge >= 0.3 is 0 Å². The van der Waals surface area contributed by atoms with E-state index in [4.69, 9.17) is 18.0 Å². The topological polar surface area (TPSA) is 38.9 Å². The number of hydrogen-bond acceptors (Lipinski definition) is 4. The molecule has 0 saturated heterocycles. The molecule has 1 aromatic rings. The molecule has 0 aliphatic heterocycles. The lowest BCUT2D eigenvalue weighted by molar-refractivity contribution is 0.706. The van der Waals surface area contributed by atoms with Crippen molar-refractivity contribution < 1.29 is 0 Å². The number of thioether (sulfide) groups is 2. The van der Waals surface area contributed by atoms with Crippen LogP contribution in [0.3, 0.4) is 0 Å². The molecule has 5 heteroatoms. The second-order valence-corrected chi connectivity index (χ2v) is 7.08. The highest BCUT2D eigenvalue weighted by atomic mass is 32.2. The molecule has 1 aromatic heterocycles. The molecule has 0 atom stereocenters. The highest BCUT2D eigenvalue weighted by molar-refractivity contribution is 7.99. The molecule has 0 aliphatic rings. The van der Waals surface area contributed by atoms with Gasteiger partial charge in [-0.3, -0.25) is 0 Å². The summed E-state index contributed by atoms with van der Waals surface area (Å²) < 4.78 is 0. The van der Waals surface area contributed by atoms with Crippen molar-refractivity contribution in [1.82, 2.24) is 4.98 Å². The Morgan fingerprint density at radius 1 is 1.16 bits per heavy atom. The van der Waals surface area contributed by atoms with Gasteiger partial charge in [0, 0.05) is 5.56 Å². The average Bonchev–Trinajstić information content (AvgIpc) is 2.38. The standard InChI is InChI=1S/C14H22N2S3/c1-3-5-6-7-8-19-13-10-11(14(15)17)9-12(16-13)18-4-2/h9-10H,3-8H2,1-2H3,(H2,15,17). The molecular weight excluding hydrogens is 292 g/mol. The summed E-state index contributed by atoms with van der Waals surface area (Å²) in [6.45, 7) is 4.35. The lowest BCUT2D eigenvalue weighted by atomic mass is 10.2. The van der Waals surface area contributed by atoms with Crippen LogP contribution in [0.4, 0.5) is 0 Å². The predicted molar refractivity (Wildman–Crippen MR) is 91.4 cm³/mol. The molecule has 1 heterocycles. The van der Waals surface area contributed by atoms with E-state index in [0.29, 0.717) is 4.99 Å². The van der Waals surface area contributed by atoms with E-state index in [1.807, 2.05) is 12.1 Å². The second-order valence-electron chi connectivity index (χ2n) is 4.24. The van der Waals surface area contributed by atoms with E-state index in [1.54, 1.807) is 23.5 Å². The van der Waals surface area contributed by atoms with Gasteiger partial charge in [-0.2, -0.15) is 0 Å². The van der Waals surface area contributed by atoms with Crippen LogP contribution >= 0.6 is 35.7 Å². The maximum Gasteiger partial charge on any atom is 0.104 e. The lowest BCUT2D eigenvalue weighted by Gasteiger charge is -2.07. The van der Waals surface area contributed by atoms with Crippen molar-refractivity contribution in [2.75, 3.05) is 11.5 Å². The van der Waals surface area contributed by atoms with E-state index in [2.05, 4.69) is 18.8 Å². The lowest BCUT2D eigenvalue weighted by Crippen LogP contribution is -2.10. The van der Waals surface area contributed by atoms with Crippen molar-refractivity contribution in [3.8, 4) is 0 Å². The minimum atomic E-state index is 0.452. The number of thiocarbonyl (C=S) groups is 1. The Balaban J connectivity index is 2.62. The summed E-state index contributed by atoms with van der Waals surface area (Å²) in [5.74, 6) is 2.12. The fourth-order valence-corrected chi connectivity index (χ4v) is 3.40. The van der Waals surface area contributed by atoms with Gasteiger partial charge in [-0.05, 0) is 30.1 Å². The third-order valence-electron chi connectivity index (χ3n) is 2.60. The van der Waals surface area contributed by atoms with Crippen molar-refractivity contribution in [2.45, 2.75) is 49.6 Å². The zero-order chi connectivity index (χ0) is 14.1. The van der Waals surface area contributed by atoms with Gasteiger partial charge in [-0.25, -0.2) is 4.98 Å². The quantitative estimate of drug-likeness (QED) is 0.413. The Morgan fingerprint density at radius 2 is 1.84 bits per heavy atom. The fraction of sp³-hybridized carbons (Fsp3) is 0.571. The van der Waals surface area contributed by atoms with Gasteiger partial charge in [0.1, 0.15) is 4.99 Å². The zero-order valence-electron chi connectivity index (χ0n) is 11.6. The summed E-state index contributed by atoms with van der Waals surface area (Å²) in [4.78, 5) is 5.09. The van der Waals surface area contributed by atoms with Crippen LogP contribution < -0.4 is 5.73 Å². The molecule has 106 valence electrons. The van der Waals surface area contributed by atoms with Crippen LogP contribution in [0.2, 0.25) is 0 Å². The summed E-state index contributed by atoms with van der Waals surface area (Å²) in [5.41, 5.74) is 6.65. The number of hydrogen-bond donors (Lipinski definition) is 1. The fourth-order valence-electron chi connectivity index (χ4n) is 1.62. The van der Waals surface area contributed by atoms with Gasteiger partial charge in [0.15, 0.2) is 0 Å². The monoisotopic (exact) mass is 314 g/mol. The van der Waals surface area contributed by atoms with Crippen molar-refractivity contribution in [1.29, 1.82) is 0 Å². The molecule has 0 amide bonds. The Hall–Kier alpha value is -0.260. The second kappa shape index (κ2) is 9.61. The summed E-state index contributed by atoms with van der Waals surface area (Å²) in [7, 11) is 0. The van der Waals surface area contributed by atoms with E-state index in [9.17, 15) is 0 Å². The molecule has 0 aromatic carbocycles. The molecule has 0 spiro atoms. The molecule has 19 heavy (non-hydrogen) atoms. The number of aromatic nitrogens is 1. The number of unbranched alkanes of at least 4 members (excludes halogenated alkanes) is 3. The zero-order valence-corrected chi connectivity index (χ0v) is 14.1. The van der Waals surface area contributed by atoms with E-state index in [-0.39, 0.29) is 0 Å². The average molecular weight is 315 g/mol. The Kier molecular flexibility index (Phi) is 8.50. The number of nitrogens with two attached hydrogens (primary N) is 1. The maximum absolute atomic E-state index is 5.73. The number of nitrogens with zero attached hydrogens (tertiary/aromatic N) is 1. The van der Waals surface area contributed by atoms with Crippen molar-refractivity contribution in [3.63, 3.8) is 0 Å². The first-order valence-electron chi connectivity index (χ1n) is 6.74. The molecule has 0 saturated carbocycles. The molecule has 0 aliphatic carbocycles. The Labute approximate surface area is 130 Å². The van der Waals surface area contributed by atoms with E-state index in [1.165, 1.54) is 25.7 Å². The van der Waals surface area contributed by atoms with Crippen LogP contribution in [0.25, 0.3) is 0 Å². The van der Waals surface area contributed by atoms with E-state index in [0.717, 1.165) is 27.1 Å². The number of pyridine rings is 1. The molecule has 0 fully saturated rings. The molecular formula is C14H22N2S3. The Bertz CT molecular complexity index is 408. The third-order valence-corrected chi connectivity index (χ3v) is 4.63.